The molecule has 3 rings (SSSR count). The Kier molecular flexibility index (Phi) is 5.30. The predicted octanol–water partition coefficient (Wildman–Crippen LogP) is 2.67. The Morgan fingerprint density at radius 3 is 2.37 bits per heavy atom. The van der Waals surface area contributed by atoms with E-state index in [4.69, 9.17) is 20.9 Å². The number of benzene rings is 2. The normalized spacial score (nSPS) is 13.4. The number of anilines is 1. The SMILES string of the molecule is CC(=N\N=C(N)N)/C(=C/c1ccc(N(C)C)cc1)c1ccc2c(c1)OCO2. The molecule has 0 unspecified atom stereocenters. The topological polar surface area (TPSA) is 98.5 Å². The Morgan fingerprint density at radius 1 is 1.00 bits per heavy atom. The average Bonchev–Trinajstić information content (AvgIpc) is 3.12. The van der Waals surface area contributed by atoms with Crippen LogP contribution in [0.2, 0.25) is 0 Å². The Hall–Kier alpha value is -3.48. The Balaban J connectivity index is 2.04. The molecule has 1 aliphatic rings. The van der Waals surface area contributed by atoms with Gasteiger partial charge in [0.25, 0.3) is 0 Å². The van der Waals surface area contributed by atoms with Crippen LogP contribution in [0.25, 0.3) is 11.6 Å². The molecule has 0 fully saturated rings. The van der Waals surface area contributed by atoms with Gasteiger partial charge in [-0.1, -0.05) is 18.2 Å². The lowest BCUT2D eigenvalue weighted by atomic mass is 9.98. The zero-order valence-corrected chi connectivity index (χ0v) is 15.6. The van der Waals surface area contributed by atoms with Gasteiger partial charge in [0.2, 0.25) is 12.8 Å². The van der Waals surface area contributed by atoms with Gasteiger partial charge in [-0.2, -0.15) is 5.10 Å². The lowest BCUT2D eigenvalue weighted by molar-refractivity contribution is 0.174. The summed E-state index contributed by atoms with van der Waals surface area (Å²) in [4.78, 5) is 2.05. The zero-order valence-electron chi connectivity index (χ0n) is 15.6. The first-order valence-corrected chi connectivity index (χ1v) is 8.46. The Bertz CT molecular complexity index is 910. The molecule has 27 heavy (non-hydrogen) atoms. The molecule has 1 heterocycles. The van der Waals surface area contributed by atoms with Gasteiger partial charge < -0.3 is 25.8 Å². The molecule has 0 atom stereocenters. The number of guanidine groups is 1. The maximum absolute atomic E-state index is 5.50. The lowest BCUT2D eigenvalue weighted by Crippen LogP contribution is -2.22. The van der Waals surface area contributed by atoms with Crippen molar-refractivity contribution in [3.63, 3.8) is 0 Å². The van der Waals surface area contributed by atoms with E-state index in [0.717, 1.165) is 28.1 Å². The fourth-order valence-corrected chi connectivity index (χ4v) is 2.68. The predicted molar refractivity (Wildman–Crippen MR) is 110 cm³/mol. The van der Waals surface area contributed by atoms with E-state index in [1.54, 1.807) is 0 Å². The van der Waals surface area contributed by atoms with E-state index < -0.39 is 0 Å². The van der Waals surface area contributed by atoms with Crippen molar-refractivity contribution in [3.05, 3.63) is 53.6 Å². The summed E-state index contributed by atoms with van der Waals surface area (Å²) in [5, 5.41) is 7.92. The monoisotopic (exact) mass is 365 g/mol. The number of nitrogens with zero attached hydrogens (tertiary/aromatic N) is 3. The zero-order chi connectivity index (χ0) is 19.4. The van der Waals surface area contributed by atoms with Crippen LogP contribution in [-0.4, -0.2) is 32.6 Å². The fraction of sp³-hybridized carbons (Fsp3) is 0.200. The van der Waals surface area contributed by atoms with Crippen LogP contribution < -0.4 is 25.8 Å². The van der Waals surface area contributed by atoms with Crippen LogP contribution in [0.15, 0.2) is 52.7 Å². The third-order valence-corrected chi connectivity index (χ3v) is 4.11. The molecule has 1 aliphatic heterocycles. The quantitative estimate of drug-likeness (QED) is 0.367. The minimum Gasteiger partial charge on any atom is -0.454 e. The van der Waals surface area contributed by atoms with Gasteiger partial charge in [0.1, 0.15) is 0 Å². The molecule has 0 aromatic heterocycles. The smallest absolute Gasteiger partial charge is 0.231 e. The number of nitrogens with two attached hydrogens (primary N) is 2. The molecular weight excluding hydrogens is 342 g/mol. The molecule has 0 spiro atoms. The summed E-state index contributed by atoms with van der Waals surface area (Å²) in [6.07, 6.45) is 2.04. The maximum Gasteiger partial charge on any atom is 0.231 e. The molecule has 0 aliphatic carbocycles. The van der Waals surface area contributed by atoms with Crippen molar-refractivity contribution in [1.29, 1.82) is 0 Å². The van der Waals surface area contributed by atoms with E-state index in [9.17, 15) is 0 Å². The van der Waals surface area contributed by atoms with Gasteiger partial charge in [-0.3, -0.25) is 0 Å². The van der Waals surface area contributed by atoms with Crippen molar-refractivity contribution in [2.75, 3.05) is 25.8 Å². The second-order valence-electron chi connectivity index (χ2n) is 6.32. The van der Waals surface area contributed by atoms with Crippen LogP contribution in [0.5, 0.6) is 11.5 Å². The van der Waals surface area contributed by atoms with E-state index in [2.05, 4.69) is 39.4 Å². The van der Waals surface area contributed by atoms with E-state index in [-0.39, 0.29) is 12.8 Å². The summed E-state index contributed by atoms with van der Waals surface area (Å²) in [6.45, 7) is 2.09. The van der Waals surface area contributed by atoms with E-state index in [1.807, 2.05) is 45.3 Å². The van der Waals surface area contributed by atoms with Crippen molar-refractivity contribution < 1.29 is 9.47 Å². The number of ether oxygens (including phenoxy) is 2. The first kappa shape index (κ1) is 18.3. The molecule has 0 amide bonds. The summed E-state index contributed by atoms with van der Waals surface area (Å²) in [7, 11) is 4.02. The molecule has 2 aromatic carbocycles. The summed E-state index contributed by atoms with van der Waals surface area (Å²) >= 11 is 0. The number of hydrogen-bond donors (Lipinski definition) is 2. The van der Waals surface area contributed by atoms with Crippen molar-refractivity contribution in [1.82, 2.24) is 0 Å². The minimum absolute atomic E-state index is 0.0882. The second-order valence-corrected chi connectivity index (χ2v) is 6.32. The van der Waals surface area contributed by atoms with Gasteiger partial charge >= 0.3 is 0 Å². The van der Waals surface area contributed by atoms with Crippen LogP contribution in [0.4, 0.5) is 5.69 Å². The fourth-order valence-electron chi connectivity index (χ4n) is 2.68. The van der Waals surface area contributed by atoms with Gasteiger partial charge in [-0.15, -0.1) is 5.10 Å². The second kappa shape index (κ2) is 7.82. The molecule has 0 saturated heterocycles. The number of allylic oxidation sites excluding steroid dienone is 1. The van der Waals surface area contributed by atoms with Crippen molar-refractivity contribution in [3.8, 4) is 11.5 Å². The molecule has 0 bridgehead atoms. The number of hydrogen-bond acceptors (Lipinski definition) is 5. The average molecular weight is 365 g/mol. The van der Waals surface area contributed by atoms with Gasteiger partial charge in [0.15, 0.2) is 11.5 Å². The van der Waals surface area contributed by atoms with Gasteiger partial charge in [-0.05, 0) is 48.4 Å². The summed E-state index contributed by atoms with van der Waals surface area (Å²) in [5.74, 6) is 1.35. The largest absolute Gasteiger partial charge is 0.454 e. The van der Waals surface area contributed by atoms with Gasteiger partial charge in [0.05, 0.1) is 5.71 Å². The van der Waals surface area contributed by atoms with Crippen LogP contribution >= 0.6 is 0 Å². The van der Waals surface area contributed by atoms with E-state index in [0.29, 0.717) is 11.5 Å². The van der Waals surface area contributed by atoms with Gasteiger partial charge in [0, 0.05) is 25.4 Å². The molecule has 0 saturated carbocycles. The van der Waals surface area contributed by atoms with Crippen molar-refractivity contribution in [2.45, 2.75) is 6.92 Å². The molecule has 7 heteroatoms. The highest BCUT2D eigenvalue weighted by Crippen LogP contribution is 2.35. The minimum atomic E-state index is -0.0882. The molecule has 140 valence electrons. The third kappa shape index (κ3) is 4.38. The summed E-state index contributed by atoms with van der Waals surface area (Å²) < 4.78 is 10.9. The van der Waals surface area contributed by atoms with E-state index in [1.165, 1.54) is 0 Å². The lowest BCUT2D eigenvalue weighted by Gasteiger charge is -2.13. The molecule has 0 radical (unpaired) electrons. The van der Waals surface area contributed by atoms with Crippen LogP contribution in [-0.2, 0) is 0 Å². The maximum atomic E-state index is 5.50. The summed E-state index contributed by atoms with van der Waals surface area (Å²) in [6, 6.07) is 14.0. The third-order valence-electron chi connectivity index (χ3n) is 4.11. The molecule has 4 N–H and O–H groups in total. The van der Waals surface area contributed by atoms with Gasteiger partial charge in [-0.25, -0.2) is 0 Å². The first-order chi connectivity index (χ1) is 12.9. The van der Waals surface area contributed by atoms with E-state index >= 15 is 0 Å². The highest BCUT2D eigenvalue weighted by molar-refractivity contribution is 6.27. The van der Waals surface area contributed by atoms with Crippen LogP contribution in [0.1, 0.15) is 18.1 Å². The van der Waals surface area contributed by atoms with Crippen LogP contribution in [0.3, 0.4) is 0 Å². The van der Waals surface area contributed by atoms with Crippen LogP contribution in [0, 0.1) is 0 Å². The molecule has 7 nitrogen and oxygen atoms in total. The highest BCUT2D eigenvalue weighted by Gasteiger charge is 2.16. The summed E-state index contributed by atoms with van der Waals surface area (Å²) in [5.41, 5.74) is 15.5. The van der Waals surface area contributed by atoms with Crippen molar-refractivity contribution in [2.24, 2.45) is 21.7 Å². The number of fused-ring (bicyclic) bond motifs is 1. The molecule has 2 aromatic rings. The molecular formula is C20H23N5O2. The van der Waals surface area contributed by atoms with Crippen molar-refractivity contribution >= 4 is 29.0 Å². The number of rotatable bonds is 5. The Labute approximate surface area is 158 Å². The Morgan fingerprint density at radius 2 is 1.70 bits per heavy atom. The standard InChI is InChI=1S/C20H23N5O2/c1-13(23-24-20(21)22)17(10-14-4-7-16(8-5-14)25(2)3)15-6-9-18-19(11-15)27-12-26-18/h4-11H,12H2,1-3H3,(H4,21,22,24)/b17-10-,23-13+. The highest BCUT2D eigenvalue weighted by atomic mass is 16.7. The first-order valence-electron chi connectivity index (χ1n) is 8.46.